The quantitative estimate of drug-likeness (QED) is 0.184. The molecule has 3 N–H and O–H groups in total. The van der Waals surface area contributed by atoms with Gasteiger partial charge in [0.05, 0.1) is 43.2 Å². The van der Waals surface area contributed by atoms with E-state index in [0.29, 0.717) is 23.5 Å². The number of nitrogens with two attached hydrogens (primary N) is 1. The minimum Gasteiger partial charge on any atom is -0.457 e. The first-order chi connectivity index (χ1) is 30.9. The number of hydrogen-bond donors (Lipinski definition) is 2. The molecule has 5 heterocycles. The van der Waals surface area contributed by atoms with Crippen molar-refractivity contribution >= 4 is 40.9 Å². The maximum atomic E-state index is 17.1. The Balaban J connectivity index is 1.70. The van der Waals surface area contributed by atoms with Crippen LogP contribution < -0.4 is 5.73 Å². The van der Waals surface area contributed by atoms with E-state index in [1.54, 1.807) is 45.9 Å². The molecule has 2 aromatic rings. The van der Waals surface area contributed by atoms with Crippen LogP contribution in [0.5, 0.6) is 0 Å². The number of ketones is 1. The van der Waals surface area contributed by atoms with Crippen LogP contribution in [0.4, 0.5) is 10.2 Å². The third kappa shape index (κ3) is 11.9. The predicted octanol–water partition coefficient (Wildman–Crippen LogP) is 4.81. The molecule has 3 aliphatic heterocycles. The van der Waals surface area contributed by atoms with Crippen molar-refractivity contribution in [1.82, 2.24) is 14.9 Å². The number of anilines is 1. The van der Waals surface area contributed by atoms with Crippen LogP contribution in [-0.2, 0) is 59.0 Å². The van der Waals surface area contributed by atoms with E-state index in [0.717, 1.165) is 6.92 Å². The summed E-state index contributed by atoms with van der Waals surface area (Å²) in [5.41, 5.74) is 0.0614. The Labute approximate surface area is 385 Å². The molecule has 0 aliphatic carbocycles. The summed E-state index contributed by atoms with van der Waals surface area (Å²) in [7, 11) is 3.63. The Morgan fingerprint density at radius 3 is 2.41 bits per heavy atom. The van der Waals surface area contributed by atoms with Crippen molar-refractivity contribution in [3.8, 4) is 11.6 Å². The Hall–Kier alpha value is -4.73. The summed E-state index contributed by atoms with van der Waals surface area (Å²) in [5.74, 6) is -6.39. The van der Waals surface area contributed by atoms with Crippen molar-refractivity contribution in [2.45, 2.75) is 161 Å². The first-order valence-electron chi connectivity index (χ1n) is 22.5. The lowest BCUT2D eigenvalue weighted by atomic mass is 9.73. The second-order valence-corrected chi connectivity index (χ2v) is 18.4. The zero-order chi connectivity index (χ0) is 48.9. The van der Waals surface area contributed by atoms with Gasteiger partial charge in [-0.1, -0.05) is 45.8 Å². The van der Waals surface area contributed by atoms with E-state index >= 15 is 4.39 Å². The number of Topliss-reactive ketones (excluding diaryl/α,β-unsaturated/α-hetero) is 1. The molecule has 3 saturated heterocycles. The van der Waals surface area contributed by atoms with Crippen LogP contribution in [0.3, 0.4) is 0 Å². The first kappa shape index (κ1) is 52.2. The maximum absolute atomic E-state index is 17.1. The van der Waals surface area contributed by atoms with Crippen molar-refractivity contribution in [2.24, 2.45) is 27.9 Å². The van der Waals surface area contributed by atoms with Gasteiger partial charge in [-0.2, -0.15) is 0 Å². The highest BCUT2D eigenvalue weighted by molar-refractivity contribution is 6.08. The lowest BCUT2D eigenvalue weighted by molar-refractivity contribution is -0.299. The fraction of sp³-hybridized carbons (Fsp3) is 0.696. The summed E-state index contributed by atoms with van der Waals surface area (Å²) >= 11 is 0. The number of amides is 1. The molecule has 5 rings (SSSR count). The van der Waals surface area contributed by atoms with Gasteiger partial charge < -0.3 is 53.4 Å². The molecule has 3 aliphatic rings. The molecule has 2 bridgehead atoms. The number of halogens is 1. The van der Waals surface area contributed by atoms with E-state index in [1.165, 1.54) is 27.0 Å². The lowest BCUT2D eigenvalue weighted by Gasteiger charge is -2.48. The number of carbonyl (C=O) groups excluding carboxylic acids is 4. The number of likely N-dealkylation sites (N-methyl/N-ethyl adjacent to an activating group) is 1. The number of ether oxygens (including phenoxy) is 6. The van der Waals surface area contributed by atoms with Gasteiger partial charge in [-0.15, -0.1) is 0 Å². The highest BCUT2D eigenvalue weighted by atomic mass is 19.1. The monoisotopic (exact) mass is 930 g/mol. The fourth-order valence-corrected chi connectivity index (χ4v) is 9.20. The second kappa shape index (κ2) is 21.5. The van der Waals surface area contributed by atoms with Crippen LogP contribution in [0.1, 0.15) is 101 Å². The number of aromatic nitrogens is 2. The average Bonchev–Trinajstić information content (AvgIpc) is 3.73. The zero-order valence-electron chi connectivity index (χ0n) is 40.1. The summed E-state index contributed by atoms with van der Waals surface area (Å²) in [4.78, 5) is 75.5. The first-order valence-corrected chi connectivity index (χ1v) is 22.5. The molecule has 20 heteroatoms. The predicted molar refractivity (Wildman–Crippen MR) is 237 cm³/mol. The Bertz CT molecular complexity index is 2110. The van der Waals surface area contributed by atoms with Gasteiger partial charge >= 0.3 is 11.9 Å². The molecule has 0 radical (unpaired) electrons. The molecule has 0 saturated carbocycles. The number of oxazole rings is 1. The van der Waals surface area contributed by atoms with Gasteiger partial charge in [0, 0.05) is 30.9 Å². The molecule has 0 aromatic carbocycles. The summed E-state index contributed by atoms with van der Waals surface area (Å²) in [6.07, 6.45) is -5.20. The number of cyclic esters (lactones) is 1. The summed E-state index contributed by atoms with van der Waals surface area (Å²) in [6.45, 7) is 14.3. The molecular weight excluding hydrogens is 864 g/mol. The normalized spacial score (nSPS) is 36.3. The van der Waals surface area contributed by atoms with Crippen LogP contribution in [0, 0.1) is 17.8 Å². The van der Waals surface area contributed by atoms with Gasteiger partial charge in [0.15, 0.2) is 24.8 Å². The molecule has 13 atom stereocenters. The Morgan fingerprint density at radius 2 is 1.77 bits per heavy atom. The Morgan fingerprint density at radius 1 is 1.06 bits per heavy atom. The minimum atomic E-state index is -3.27. The van der Waals surface area contributed by atoms with Crippen molar-refractivity contribution < 1.29 is 66.4 Å². The zero-order valence-corrected chi connectivity index (χ0v) is 40.1. The number of pyridine rings is 1. The van der Waals surface area contributed by atoms with E-state index in [9.17, 15) is 24.3 Å². The highest BCUT2D eigenvalue weighted by Gasteiger charge is 2.57. The van der Waals surface area contributed by atoms with Crippen molar-refractivity contribution in [1.29, 1.82) is 0 Å². The number of nitrogens with zero attached hydrogens (tertiary/aromatic N) is 5. The number of carbonyl (C=O) groups is 4. The van der Waals surface area contributed by atoms with Gasteiger partial charge in [-0.3, -0.25) is 14.4 Å². The number of hydrogen-bond acceptors (Lipinski definition) is 18. The van der Waals surface area contributed by atoms with E-state index in [-0.39, 0.29) is 56.5 Å². The molecule has 3 fully saturated rings. The maximum Gasteiger partial charge on any atom is 0.351 e. The number of aliphatic imine (C=N–C) groups is 1. The summed E-state index contributed by atoms with van der Waals surface area (Å²) in [6, 6.07) is 4.61. The molecule has 66 heavy (non-hydrogen) atoms. The molecule has 1 amide bonds. The topological polar surface area (TPSA) is 246 Å². The van der Waals surface area contributed by atoms with Crippen LogP contribution in [0.25, 0.3) is 11.6 Å². The smallest absolute Gasteiger partial charge is 0.351 e. The third-order valence-electron chi connectivity index (χ3n) is 12.6. The van der Waals surface area contributed by atoms with E-state index < -0.39 is 101 Å². The number of esters is 2. The van der Waals surface area contributed by atoms with E-state index in [4.69, 9.17) is 43.4 Å². The summed E-state index contributed by atoms with van der Waals surface area (Å²) in [5, 5.41) is 16.9. The fourth-order valence-electron chi connectivity index (χ4n) is 9.20. The van der Waals surface area contributed by atoms with Crippen LogP contribution in [0.15, 0.2) is 39.0 Å². The molecule has 0 unspecified atom stereocenters. The third-order valence-corrected chi connectivity index (χ3v) is 12.6. The van der Waals surface area contributed by atoms with Gasteiger partial charge in [-0.05, 0) is 79.1 Å². The van der Waals surface area contributed by atoms with Crippen molar-refractivity contribution in [3.63, 3.8) is 0 Å². The van der Waals surface area contributed by atoms with Gasteiger partial charge in [0.25, 0.3) is 5.67 Å². The standard InChI is InChI=1S/C46H67FN6O13/c1-13-33-46(10,58)40-26(5)36(51-35(55)14-2)24(3)19-44(8,61-22-30(21-59-40)52-62-23-29-20-60-41(49-29)31-16-15-17-34(48)50-31)39(27(6)38(56)45(9,47)43(57)65-33)66-42-37(64-28(7)54)32(53(11)12)18-25(4)63-42/h15-17,20,24-27,32-33,37,39-40,42,58H,13-14,18-19,21-23H2,1-12H3,(H2,48,50)/b51-36?,52-30+/t24-,25-,26+,27+,32+,33-,37-,39-,40-,42+,44-,45+,46-/m1/s1. The molecular formula is C46H67FN6O13. The largest absolute Gasteiger partial charge is 0.457 e. The number of rotatable bonds is 10. The number of alkyl halides is 1. The summed E-state index contributed by atoms with van der Waals surface area (Å²) < 4.78 is 60.9. The number of nitrogen functional groups attached to an aromatic ring is 1. The van der Waals surface area contributed by atoms with Crippen LogP contribution >= 0.6 is 0 Å². The van der Waals surface area contributed by atoms with Crippen LogP contribution in [0.2, 0.25) is 0 Å². The Kier molecular flexibility index (Phi) is 17.0. The lowest BCUT2D eigenvalue weighted by Crippen LogP contribution is -2.62. The molecule has 0 spiro atoms. The number of aliphatic hydroxyl groups is 1. The van der Waals surface area contributed by atoms with Crippen LogP contribution in [-0.4, -0.2) is 142 Å². The van der Waals surface area contributed by atoms with Crippen molar-refractivity contribution in [3.05, 3.63) is 30.2 Å². The minimum absolute atomic E-state index is 0.0371. The SMILES string of the molecule is CCC(=O)N=C1[C@H](C)C[C@@]2(C)OC/C(=N/OCc3coc(-c4cccc(N)n4)n3)CO[C@H]([C@H]1C)[C@](C)(O)[C@@H](CC)OC(=O)[C@@](C)(F)C(=O)[C@H](C)[C@H]2O[C@@H]1O[C@H](C)C[C@H](N(C)C)[C@H]1OC(C)=O. The van der Waals surface area contributed by atoms with Gasteiger partial charge in [-0.25, -0.2) is 24.1 Å². The second-order valence-electron chi connectivity index (χ2n) is 18.4. The molecule has 366 valence electrons. The van der Waals surface area contributed by atoms with E-state index in [1.807, 2.05) is 32.8 Å². The van der Waals surface area contributed by atoms with Gasteiger partial charge in [0.1, 0.15) is 40.9 Å². The number of fused-ring (bicyclic) bond motifs is 5. The average molecular weight is 931 g/mol. The molecule has 19 nitrogen and oxygen atoms in total. The molecule has 2 aromatic heterocycles. The highest BCUT2D eigenvalue weighted by Crippen LogP contribution is 2.41. The van der Waals surface area contributed by atoms with E-state index in [2.05, 4.69) is 20.1 Å². The number of oxime groups is 1. The van der Waals surface area contributed by atoms with Crippen molar-refractivity contribution in [2.75, 3.05) is 33.0 Å². The van der Waals surface area contributed by atoms with Gasteiger partial charge in [0.2, 0.25) is 11.8 Å².